The Morgan fingerprint density at radius 3 is 3.12 bits per heavy atom. The summed E-state index contributed by atoms with van der Waals surface area (Å²) in [5, 5.41) is 9.17. The second-order valence-electron chi connectivity index (χ2n) is 3.50. The van der Waals surface area contributed by atoms with Gasteiger partial charge in [0, 0.05) is 13.1 Å². The number of hydrogen-bond acceptors (Lipinski definition) is 6. The fourth-order valence-corrected chi connectivity index (χ4v) is 2.25. The Morgan fingerprint density at radius 2 is 2.41 bits per heavy atom. The molecule has 0 bridgehead atoms. The third kappa shape index (κ3) is 2.66. The third-order valence-electron chi connectivity index (χ3n) is 2.39. The molecule has 92 valence electrons. The average Bonchev–Trinajstić information content (AvgIpc) is 3.01. The quantitative estimate of drug-likeness (QED) is 0.905. The summed E-state index contributed by atoms with van der Waals surface area (Å²) < 4.78 is 10.7. The van der Waals surface area contributed by atoms with Crippen LogP contribution in [0.1, 0.15) is 12.0 Å². The highest BCUT2D eigenvalue weighted by Gasteiger charge is 2.22. The number of rotatable bonds is 2. The van der Waals surface area contributed by atoms with Gasteiger partial charge in [-0.1, -0.05) is 11.2 Å². The second-order valence-corrected chi connectivity index (χ2v) is 4.44. The number of morpholine rings is 1. The van der Waals surface area contributed by atoms with E-state index in [9.17, 15) is 0 Å². The van der Waals surface area contributed by atoms with E-state index in [4.69, 9.17) is 9.26 Å². The summed E-state index contributed by atoms with van der Waals surface area (Å²) in [6.45, 7) is 2.29. The van der Waals surface area contributed by atoms with Gasteiger partial charge in [-0.15, -0.1) is 23.7 Å². The minimum Gasteiger partial charge on any atom is -0.366 e. The molecule has 2 aromatic rings. The van der Waals surface area contributed by atoms with E-state index >= 15 is 0 Å². The van der Waals surface area contributed by atoms with Gasteiger partial charge in [-0.05, 0) is 11.4 Å². The first kappa shape index (κ1) is 12.5. The van der Waals surface area contributed by atoms with E-state index in [0.29, 0.717) is 18.3 Å². The Bertz CT molecular complexity index is 454. The van der Waals surface area contributed by atoms with Gasteiger partial charge in [0.1, 0.15) is 6.10 Å². The zero-order valence-electron chi connectivity index (χ0n) is 8.96. The highest BCUT2D eigenvalue weighted by Crippen LogP contribution is 2.24. The number of thiophene rings is 1. The largest absolute Gasteiger partial charge is 0.366 e. The molecule has 1 N–H and O–H groups in total. The zero-order chi connectivity index (χ0) is 10.8. The molecule has 0 amide bonds. The maximum atomic E-state index is 5.54. The Labute approximate surface area is 109 Å². The van der Waals surface area contributed by atoms with Crippen LogP contribution < -0.4 is 5.32 Å². The minimum atomic E-state index is -0.116. The molecule has 0 unspecified atom stereocenters. The molecule has 17 heavy (non-hydrogen) atoms. The molecule has 0 aromatic carbocycles. The van der Waals surface area contributed by atoms with Crippen LogP contribution in [0.4, 0.5) is 0 Å². The van der Waals surface area contributed by atoms with Crippen LogP contribution in [-0.4, -0.2) is 29.8 Å². The Balaban J connectivity index is 0.00000108. The molecule has 0 spiro atoms. The number of nitrogens with zero attached hydrogens (tertiary/aromatic N) is 2. The van der Waals surface area contributed by atoms with Gasteiger partial charge in [0.25, 0.3) is 5.89 Å². The van der Waals surface area contributed by atoms with Crippen LogP contribution in [0, 0.1) is 0 Å². The number of hydrogen-bond donors (Lipinski definition) is 1. The summed E-state index contributed by atoms with van der Waals surface area (Å²) in [6, 6.07) is 3.94. The van der Waals surface area contributed by atoms with Gasteiger partial charge in [0.15, 0.2) is 0 Å². The lowest BCUT2D eigenvalue weighted by Crippen LogP contribution is -2.33. The summed E-state index contributed by atoms with van der Waals surface area (Å²) in [6.07, 6.45) is -0.116. The van der Waals surface area contributed by atoms with Crippen molar-refractivity contribution in [2.75, 3.05) is 19.7 Å². The maximum Gasteiger partial charge on any atom is 0.257 e. The van der Waals surface area contributed by atoms with Crippen molar-refractivity contribution >= 4 is 23.7 Å². The first-order chi connectivity index (χ1) is 7.93. The molecule has 1 atom stereocenters. The van der Waals surface area contributed by atoms with Crippen molar-refractivity contribution in [3.05, 3.63) is 23.4 Å². The normalized spacial score (nSPS) is 19.9. The van der Waals surface area contributed by atoms with Gasteiger partial charge in [0.2, 0.25) is 5.82 Å². The average molecular weight is 274 g/mol. The highest BCUT2D eigenvalue weighted by atomic mass is 35.5. The first-order valence-corrected chi connectivity index (χ1v) is 6.01. The molecule has 1 saturated heterocycles. The summed E-state index contributed by atoms with van der Waals surface area (Å²) >= 11 is 1.59. The molecule has 7 heteroatoms. The molecular weight excluding hydrogens is 262 g/mol. The minimum absolute atomic E-state index is 0. The predicted molar refractivity (Wildman–Crippen MR) is 66.4 cm³/mol. The van der Waals surface area contributed by atoms with Crippen molar-refractivity contribution in [3.63, 3.8) is 0 Å². The SMILES string of the molecule is Cl.c1csc(-c2noc([C@H]3CNCCO3)n2)c1. The monoisotopic (exact) mass is 273 g/mol. The van der Waals surface area contributed by atoms with Crippen molar-refractivity contribution in [3.8, 4) is 10.7 Å². The lowest BCUT2D eigenvalue weighted by molar-refractivity contribution is 0.00755. The second kappa shape index (κ2) is 5.59. The fourth-order valence-electron chi connectivity index (χ4n) is 1.60. The van der Waals surface area contributed by atoms with Crippen LogP contribution in [0.25, 0.3) is 10.7 Å². The molecule has 2 aromatic heterocycles. The summed E-state index contributed by atoms with van der Waals surface area (Å²) in [7, 11) is 0. The van der Waals surface area contributed by atoms with Gasteiger partial charge in [-0.3, -0.25) is 0 Å². The Kier molecular flexibility index (Phi) is 4.11. The Hall–Kier alpha value is -0.950. The lowest BCUT2D eigenvalue weighted by atomic mass is 10.3. The van der Waals surface area contributed by atoms with Crippen LogP contribution in [0.5, 0.6) is 0 Å². The lowest BCUT2D eigenvalue weighted by Gasteiger charge is -2.19. The van der Waals surface area contributed by atoms with E-state index in [1.165, 1.54) is 0 Å². The summed E-state index contributed by atoms with van der Waals surface area (Å²) in [5.74, 6) is 1.19. The molecule has 0 aliphatic carbocycles. The highest BCUT2D eigenvalue weighted by molar-refractivity contribution is 7.13. The van der Waals surface area contributed by atoms with E-state index in [1.807, 2.05) is 17.5 Å². The van der Waals surface area contributed by atoms with E-state index in [1.54, 1.807) is 11.3 Å². The van der Waals surface area contributed by atoms with Crippen molar-refractivity contribution in [1.82, 2.24) is 15.5 Å². The fraction of sp³-hybridized carbons (Fsp3) is 0.400. The topological polar surface area (TPSA) is 60.2 Å². The molecular formula is C10H12ClN3O2S. The molecule has 0 saturated carbocycles. The standard InChI is InChI=1S/C10H11N3O2S.ClH/c1-2-8(16-5-1)9-12-10(15-13-9)7-6-11-3-4-14-7;/h1-2,5,7,11H,3-4,6H2;1H/t7-;/m1./s1. The molecule has 0 radical (unpaired) electrons. The van der Waals surface area contributed by atoms with E-state index in [0.717, 1.165) is 18.0 Å². The van der Waals surface area contributed by atoms with Gasteiger partial charge in [-0.25, -0.2) is 0 Å². The molecule has 5 nitrogen and oxygen atoms in total. The number of nitrogens with one attached hydrogen (secondary N) is 1. The molecule has 1 aliphatic heterocycles. The molecule has 1 aliphatic rings. The van der Waals surface area contributed by atoms with Gasteiger partial charge in [-0.2, -0.15) is 4.98 Å². The van der Waals surface area contributed by atoms with Crippen LogP contribution in [-0.2, 0) is 4.74 Å². The van der Waals surface area contributed by atoms with E-state index in [2.05, 4.69) is 15.5 Å². The van der Waals surface area contributed by atoms with E-state index < -0.39 is 0 Å². The molecule has 1 fully saturated rings. The number of aromatic nitrogens is 2. The summed E-state index contributed by atoms with van der Waals surface area (Å²) in [5.41, 5.74) is 0. The number of halogens is 1. The summed E-state index contributed by atoms with van der Waals surface area (Å²) in [4.78, 5) is 5.36. The zero-order valence-corrected chi connectivity index (χ0v) is 10.6. The molecule has 3 heterocycles. The van der Waals surface area contributed by atoms with Crippen molar-refractivity contribution in [2.24, 2.45) is 0 Å². The van der Waals surface area contributed by atoms with Crippen LogP contribution in [0.2, 0.25) is 0 Å². The van der Waals surface area contributed by atoms with Crippen molar-refractivity contribution in [2.45, 2.75) is 6.10 Å². The van der Waals surface area contributed by atoms with Crippen molar-refractivity contribution in [1.29, 1.82) is 0 Å². The first-order valence-electron chi connectivity index (χ1n) is 5.13. The van der Waals surface area contributed by atoms with Gasteiger partial charge in [0.05, 0.1) is 11.5 Å². The van der Waals surface area contributed by atoms with Crippen molar-refractivity contribution < 1.29 is 9.26 Å². The Morgan fingerprint density at radius 1 is 1.47 bits per heavy atom. The predicted octanol–water partition coefficient (Wildman–Crippen LogP) is 1.88. The van der Waals surface area contributed by atoms with E-state index in [-0.39, 0.29) is 18.5 Å². The number of ether oxygens (including phenoxy) is 1. The van der Waals surface area contributed by atoms with Crippen LogP contribution >= 0.6 is 23.7 Å². The van der Waals surface area contributed by atoms with Gasteiger partial charge >= 0.3 is 0 Å². The van der Waals surface area contributed by atoms with Crippen LogP contribution in [0.3, 0.4) is 0 Å². The maximum absolute atomic E-state index is 5.54. The molecule has 3 rings (SSSR count). The van der Waals surface area contributed by atoms with Gasteiger partial charge < -0.3 is 14.6 Å². The smallest absolute Gasteiger partial charge is 0.257 e. The third-order valence-corrected chi connectivity index (χ3v) is 3.25. The van der Waals surface area contributed by atoms with Crippen LogP contribution in [0.15, 0.2) is 22.0 Å².